The van der Waals surface area contributed by atoms with E-state index in [1.54, 1.807) is 29.2 Å². The van der Waals surface area contributed by atoms with Crippen LogP contribution in [0.1, 0.15) is 12.8 Å². The second-order valence-electron chi connectivity index (χ2n) is 5.63. The molecule has 8 heteroatoms. The summed E-state index contributed by atoms with van der Waals surface area (Å²) in [5, 5.41) is 1.89. The summed E-state index contributed by atoms with van der Waals surface area (Å²) in [6.07, 6.45) is -3.75. The third-order valence-electron chi connectivity index (χ3n) is 3.88. The van der Waals surface area contributed by atoms with Crippen molar-refractivity contribution in [2.24, 2.45) is 5.92 Å². The third-order valence-corrected chi connectivity index (χ3v) is 3.88. The van der Waals surface area contributed by atoms with Gasteiger partial charge in [0.1, 0.15) is 5.75 Å². The summed E-state index contributed by atoms with van der Waals surface area (Å²) in [6, 6.07) is 8.96. The SMILES string of the molecule is O=C(COc1ccccc1)N1CCC(CNC(=O)C(F)(F)F)CC1. The molecule has 1 N–H and O–H groups in total. The molecule has 5 nitrogen and oxygen atoms in total. The fraction of sp³-hybridized carbons (Fsp3) is 0.500. The van der Waals surface area contributed by atoms with Crippen LogP contribution in [-0.4, -0.2) is 49.1 Å². The molecule has 0 aliphatic carbocycles. The van der Waals surface area contributed by atoms with E-state index in [2.05, 4.69) is 0 Å². The first-order valence-electron chi connectivity index (χ1n) is 7.67. The van der Waals surface area contributed by atoms with Crippen LogP contribution >= 0.6 is 0 Å². The normalized spacial score (nSPS) is 15.9. The van der Waals surface area contributed by atoms with Crippen molar-refractivity contribution in [3.63, 3.8) is 0 Å². The van der Waals surface area contributed by atoms with Crippen LogP contribution in [0.5, 0.6) is 5.75 Å². The highest BCUT2D eigenvalue weighted by Crippen LogP contribution is 2.19. The Balaban J connectivity index is 1.68. The smallest absolute Gasteiger partial charge is 0.471 e. The summed E-state index contributed by atoms with van der Waals surface area (Å²) in [7, 11) is 0. The summed E-state index contributed by atoms with van der Waals surface area (Å²) in [6.45, 7) is 0.799. The Morgan fingerprint density at radius 1 is 1.17 bits per heavy atom. The number of alkyl halides is 3. The number of ether oxygens (including phenoxy) is 1. The minimum absolute atomic E-state index is 0.0269. The van der Waals surface area contributed by atoms with E-state index in [0.717, 1.165) is 0 Å². The molecule has 0 unspecified atom stereocenters. The lowest BCUT2D eigenvalue weighted by Crippen LogP contribution is -2.45. The second kappa shape index (κ2) is 8.03. The molecular formula is C16H19F3N2O3. The summed E-state index contributed by atoms with van der Waals surface area (Å²) in [5.41, 5.74) is 0. The molecule has 1 saturated heterocycles. The van der Waals surface area contributed by atoms with E-state index in [9.17, 15) is 22.8 Å². The van der Waals surface area contributed by atoms with Gasteiger partial charge in [0.05, 0.1) is 0 Å². The quantitative estimate of drug-likeness (QED) is 0.889. The lowest BCUT2D eigenvalue weighted by atomic mass is 9.97. The van der Waals surface area contributed by atoms with E-state index in [1.807, 2.05) is 11.4 Å². The first-order valence-corrected chi connectivity index (χ1v) is 7.67. The molecule has 2 amide bonds. The molecule has 132 valence electrons. The zero-order valence-corrected chi connectivity index (χ0v) is 13.0. The van der Waals surface area contributed by atoms with Crippen LogP contribution in [0.15, 0.2) is 30.3 Å². The molecule has 0 bridgehead atoms. The Hall–Kier alpha value is -2.25. The molecule has 1 aromatic carbocycles. The average Bonchev–Trinajstić information content (AvgIpc) is 2.58. The summed E-state index contributed by atoms with van der Waals surface area (Å²) >= 11 is 0. The number of amides is 2. The number of hydrogen-bond acceptors (Lipinski definition) is 3. The number of halogens is 3. The minimum Gasteiger partial charge on any atom is -0.484 e. The van der Waals surface area contributed by atoms with Gasteiger partial charge in [-0.1, -0.05) is 18.2 Å². The number of carbonyl (C=O) groups is 2. The number of benzene rings is 1. The average molecular weight is 344 g/mol. The van der Waals surface area contributed by atoms with Crippen molar-refractivity contribution in [3.8, 4) is 5.75 Å². The standard InChI is InChI=1S/C16H19F3N2O3/c17-16(18,19)15(23)20-10-12-6-8-21(9-7-12)14(22)11-24-13-4-2-1-3-5-13/h1-5,12H,6-11H2,(H,20,23). The number of carbonyl (C=O) groups excluding carboxylic acids is 2. The molecule has 0 atom stereocenters. The first-order chi connectivity index (χ1) is 11.4. The van der Waals surface area contributed by atoms with Gasteiger partial charge >= 0.3 is 12.1 Å². The molecule has 0 radical (unpaired) electrons. The van der Waals surface area contributed by atoms with Crippen LogP contribution in [0.25, 0.3) is 0 Å². The maximum absolute atomic E-state index is 12.1. The van der Waals surface area contributed by atoms with E-state index < -0.39 is 12.1 Å². The predicted molar refractivity (Wildman–Crippen MR) is 80.3 cm³/mol. The molecule has 0 saturated carbocycles. The molecule has 24 heavy (non-hydrogen) atoms. The number of nitrogens with zero attached hydrogens (tertiary/aromatic N) is 1. The maximum atomic E-state index is 12.1. The Morgan fingerprint density at radius 3 is 2.38 bits per heavy atom. The Labute approximate surface area is 137 Å². The molecule has 0 spiro atoms. The van der Waals surface area contributed by atoms with Crippen LogP contribution < -0.4 is 10.1 Å². The van der Waals surface area contributed by atoms with Crippen molar-refractivity contribution >= 4 is 11.8 Å². The van der Waals surface area contributed by atoms with Crippen molar-refractivity contribution in [2.45, 2.75) is 19.0 Å². The molecular weight excluding hydrogens is 325 g/mol. The van der Waals surface area contributed by atoms with Crippen LogP contribution in [0, 0.1) is 5.92 Å². The lowest BCUT2D eigenvalue weighted by Gasteiger charge is -2.32. The topological polar surface area (TPSA) is 58.6 Å². The summed E-state index contributed by atoms with van der Waals surface area (Å²) in [5.74, 6) is -1.53. The number of para-hydroxylation sites is 1. The number of likely N-dealkylation sites (tertiary alicyclic amines) is 1. The van der Waals surface area contributed by atoms with Gasteiger partial charge < -0.3 is 15.0 Å². The number of rotatable bonds is 5. The molecule has 1 aliphatic rings. The lowest BCUT2D eigenvalue weighted by molar-refractivity contribution is -0.173. The van der Waals surface area contributed by atoms with Gasteiger partial charge in [-0.05, 0) is 30.9 Å². The number of nitrogens with one attached hydrogen (secondary N) is 1. The van der Waals surface area contributed by atoms with Crippen molar-refractivity contribution in [1.82, 2.24) is 10.2 Å². The molecule has 1 fully saturated rings. The molecule has 1 aromatic rings. The van der Waals surface area contributed by atoms with E-state index in [0.29, 0.717) is 31.7 Å². The molecule has 1 aliphatic heterocycles. The highest BCUT2D eigenvalue weighted by molar-refractivity contribution is 5.81. The Bertz CT molecular complexity index is 555. The fourth-order valence-electron chi connectivity index (χ4n) is 2.48. The first kappa shape index (κ1) is 18.1. The zero-order chi connectivity index (χ0) is 17.6. The van der Waals surface area contributed by atoms with Crippen LogP contribution in [0.2, 0.25) is 0 Å². The number of piperidine rings is 1. The largest absolute Gasteiger partial charge is 0.484 e. The Kier molecular flexibility index (Phi) is 6.05. The second-order valence-corrected chi connectivity index (χ2v) is 5.63. The van der Waals surface area contributed by atoms with Crippen molar-refractivity contribution in [1.29, 1.82) is 0 Å². The predicted octanol–water partition coefficient (Wildman–Crippen LogP) is 1.98. The third kappa shape index (κ3) is 5.43. The van der Waals surface area contributed by atoms with Crippen molar-refractivity contribution in [2.75, 3.05) is 26.2 Å². The van der Waals surface area contributed by atoms with E-state index >= 15 is 0 Å². The van der Waals surface area contributed by atoms with E-state index in [4.69, 9.17) is 4.74 Å². The van der Waals surface area contributed by atoms with Crippen molar-refractivity contribution < 1.29 is 27.5 Å². The van der Waals surface area contributed by atoms with Gasteiger partial charge in [-0.15, -0.1) is 0 Å². The fourth-order valence-corrected chi connectivity index (χ4v) is 2.48. The van der Waals surface area contributed by atoms with E-state index in [1.165, 1.54) is 0 Å². The highest BCUT2D eigenvalue weighted by Gasteiger charge is 2.38. The Morgan fingerprint density at radius 2 is 1.79 bits per heavy atom. The van der Waals surface area contributed by atoms with Crippen LogP contribution in [-0.2, 0) is 9.59 Å². The van der Waals surface area contributed by atoms with Crippen LogP contribution in [0.3, 0.4) is 0 Å². The summed E-state index contributed by atoms with van der Waals surface area (Å²) in [4.78, 5) is 24.5. The van der Waals surface area contributed by atoms with Crippen molar-refractivity contribution in [3.05, 3.63) is 30.3 Å². The number of hydrogen-bond donors (Lipinski definition) is 1. The molecule has 1 heterocycles. The molecule has 0 aromatic heterocycles. The maximum Gasteiger partial charge on any atom is 0.471 e. The summed E-state index contributed by atoms with van der Waals surface area (Å²) < 4.78 is 41.7. The van der Waals surface area contributed by atoms with Gasteiger partial charge in [0, 0.05) is 19.6 Å². The van der Waals surface area contributed by atoms with Gasteiger partial charge in [0.25, 0.3) is 5.91 Å². The van der Waals surface area contributed by atoms with Gasteiger partial charge in [-0.2, -0.15) is 13.2 Å². The van der Waals surface area contributed by atoms with Gasteiger partial charge in [0.15, 0.2) is 6.61 Å². The zero-order valence-electron chi connectivity index (χ0n) is 13.0. The molecule has 2 rings (SSSR count). The highest BCUT2D eigenvalue weighted by atomic mass is 19.4. The van der Waals surface area contributed by atoms with Crippen LogP contribution in [0.4, 0.5) is 13.2 Å². The monoisotopic (exact) mass is 344 g/mol. The van der Waals surface area contributed by atoms with Gasteiger partial charge in [-0.3, -0.25) is 9.59 Å². The van der Waals surface area contributed by atoms with Gasteiger partial charge in [-0.25, -0.2) is 0 Å². The van der Waals surface area contributed by atoms with E-state index in [-0.39, 0.29) is 25.0 Å². The minimum atomic E-state index is -4.86. The van der Waals surface area contributed by atoms with Gasteiger partial charge in [0.2, 0.25) is 0 Å².